The maximum atomic E-state index is 10.7. The molecular weight excluding hydrogens is 284 g/mol. The molecule has 0 radical (unpaired) electrons. The summed E-state index contributed by atoms with van der Waals surface area (Å²) in [5.41, 5.74) is 9.31. The summed E-state index contributed by atoms with van der Waals surface area (Å²) in [5, 5.41) is 6.65. The van der Waals surface area contributed by atoms with Gasteiger partial charge in [0.2, 0.25) is 4.80 Å². The molecule has 0 aliphatic carbocycles. The summed E-state index contributed by atoms with van der Waals surface area (Å²) in [7, 11) is 0. The van der Waals surface area contributed by atoms with E-state index >= 15 is 0 Å². The van der Waals surface area contributed by atoms with Gasteiger partial charge in [-0.15, -0.1) is 16.4 Å². The van der Waals surface area contributed by atoms with Crippen LogP contribution < -0.4 is 16.0 Å². The van der Waals surface area contributed by atoms with Gasteiger partial charge < -0.3 is 10.3 Å². The van der Waals surface area contributed by atoms with Gasteiger partial charge in [0.25, 0.3) is 0 Å². The Hall–Kier alpha value is -1.79. The zero-order valence-electron chi connectivity index (χ0n) is 10.3. The van der Waals surface area contributed by atoms with Gasteiger partial charge in [0.1, 0.15) is 0 Å². The molecule has 2 aromatic rings. The molecule has 0 spiro atoms. The number of nitrogens with zero attached hydrogens (tertiary/aromatic N) is 2. The van der Waals surface area contributed by atoms with Crippen molar-refractivity contribution in [3.8, 4) is 11.3 Å². The lowest BCUT2D eigenvalue weighted by Gasteiger charge is -2.06. The molecule has 7 heteroatoms. The zero-order chi connectivity index (χ0) is 13.8. The highest BCUT2D eigenvalue weighted by Crippen LogP contribution is 2.22. The minimum absolute atomic E-state index is 0.677. The van der Waals surface area contributed by atoms with E-state index in [2.05, 4.69) is 10.5 Å². The predicted molar refractivity (Wildman–Crippen MR) is 76.7 cm³/mol. The van der Waals surface area contributed by atoms with Crippen LogP contribution in [0.1, 0.15) is 6.92 Å². The highest BCUT2D eigenvalue weighted by molar-refractivity contribution is 7.07. The lowest BCUT2D eigenvalue weighted by atomic mass is 10.2. The van der Waals surface area contributed by atoms with Crippen molar-refractivity contribution < 1.29 is 4.79 Å². The number of urea groups is 1. The molecule has 0 fully saturated rings. The van der Waals surface area contributed by atoms with Crippen molar-refractivity contribution in [1.82, 2.24) is 9.99 Å². The second kappa shape index (κ2) is 5.90. The van der Waals surface area contributed by atoms with E-state index in [-0.39, 0.29) is 0 Å². The molecule has 0 aliphatic heterocycles. The first-order valence-corrected chi connectivity index (χ1v) is 6.91. The quantitative estimate of drug-likeness (QED) is 0.839. The van der Waals surface area contributed by atoms with Gasteiger partial charge >= 0.3 is 6.03 Å². The molecule has 0 unspecified atom stereocenters. The van der Waals surface area contributed by atoms with E-state index in [4.69, 9.17) is 17.3 Å². The fourth-order valence-electron chi connectivity index (χ4n) is 1.68. The summed E-state index contributed by atoms with van der Waals surface area (Å²) in [6.07, 6.45) is 0. The second-order valence-corrected chi connectivity index (χ2v) is 5.02. The topological polar surface area (TPSA) is 72.4 Å². The molecular formula is C12H13ClN4OS. The fourth-order valence-corrected chi connectivity index (χ4v) is 2.74. The standard InChI is InChI=1S/C12H13ClN4OS/c1-2-17-10(8-3-5-9(13)6-4-8)7-19-12(17)16-15-11(14)18/h3-7H,2H2,1H3,(H3,14,15,18)/b16-12-. The number of rotatable bonds is 3. The fraction of sp³-hybridized carbons (Fsp3) is 0.167. The minimum Gasteiger partial charge on any atom is -0.350 e. The summed E-state index contributed by atoms with van der Waals surface area (Å²) >= 11 is 7.31. The first-order valence-electron chi connectivity index (χ1n) is 5.65. The molecule has 19 heavy (non-hydrogen) atoms. The van der Waals surface area contributed by atoms with Crippen molar-refractivity contribution in [2.75, 3.05) is 0 Å². The van der Waals surface area contributed by atoms with E-state index < -0.39 is 6.03 Å². The van der Waals surface area contributed by atoms with Crippen LogP contribution in [0.25, 0.3) is 11.3 Å². The Bertz CT molecular complexity index is 644. The van der Waals surface area contributed by atoms with Gasteiger partial charge in [-0.25, -0.2) is 10.2 Å². The van der Waals surface area contributed by atoms with E-state index in [1.54, 1.807) is 0 Å². The van der Waals surface area contributed by atoms with Crippen LogP contribution in [0.4, 0.5) is 4.79 Å². The van der Waals surface area contributed by atoms with Gasteiger partial charge in [-0.05, 0) is 24.6 Å². The van der Waals surface area contributed by atoms with Crippen molar-refractivity contribution in [2.45, 2.75) is 13.5 Å². The van der Waals surface area contributed by atoms with Gasteiger partial charge in [0.05, 0.1) is 5.69 Å². The van der Waals surface area contributed by atoms with Gasteiger partial charge in [0.15, 0.2) is 0 Å². The molecule has 1 heterocycles. The lowest BCUT2D eigenvalue weighted by molar-refractivity contribution is 0.249. The third-order valence-corrected chi connectivity index (χ3v) is 3.63. The largest absolute Gasteiger partial charge is 0.350 e. The van der Waals surface area contributed by atoms with E-state index in [9.17, 15) is 4.79 Å². The van der Waals surface area contributed by atoms with Crippen LogP contribution in [0.3, 0.4) is 0 Å². The average molecular weight is 297 g/mol. The number of primary amides is 1. The number of nitrogens with one attached hydrogen (secondary N) is 1. The van der Waals surface area contributed by atoms with Crippen LogP contribution in [-0.2, 0) is 6.54 Å². The Morgan fingerprint density at radius 3 is 2.74 bits per heavy atom. The number of halogens is 1. The van der Waals surface area contributed by atoms with Crippen molar-refractivity contribution in [3.63, 3.8) is 0 Å². The third-order valence-electron chi connectivity index (χ3n) is 2.52. The molecule has 3 N–H and O–H groups in total. The second-order valence-electron chi connectivity index (χ2n) is 3.74. The third kappa shape index (κ3) is 3.15. The normalized spacial score (nSPS) is 11.6. The van der Waals surface area contributed by atoms with E-state index in [1.807, 2.05) is 41.1 Å². The Kier molecular flexibility index (Phi) is 4.24. The molecule has 0 saturated heterocycles. The molecule has 0 bridgehead atoms. The molecule has 2 rings (SSSR count). The molecule has 0 aliphatic rings. The molecule has 0 saturated carbocycles. The number of hydrogen-bond acceptors (Lipinski definition) is 3. The maximum absolute atomic E-state index is 10.7. The van der Waals surface area contributed by atoms with Crippen LogP contribution in [-0.4, -0.2) is 10.6 Å². The number of hydrogen-bond donors (Lipinski definition) is 2. The first kappa shape index (κ1) is 13.6. The van der Waals surface area contributed by atoms with E-state index in [1.165, 1.54) is 11.3 Å². The lowest BCUT2D eigenvalue weighted by Crippen LogP contribution is -2.28. The van der Waals surface area contributed by atoms with E-state index in [0.717, 1.165) is 17.8 Å². The van der Waals surface area contributed by atoms with Crippen LogP contribution in [0.15, 0.2) is 34.7 Å². The summed E-state index contributed by atoms with van der Waals surface area (Å²) in [4.78, 5) is 11.4. The van der Waals surface area contributed by atoms with Crippen LogP contribution in [0, 0.1) is 0 Å². The van der Waals surface area contributed by atoms with Crippen LogP contribution in [0.2, 0.25) is 5.02 Å². The monoisotopic (exact) mass is 296 g/mol. The molecule has 1 aromatic heterocycles. The number of thiazole rings is 1. The predicted octanol–water partition coefficient (Wildman–Crippen LogP) is 2.37. The maximum Gasteiger partial charge on any atom is 0.332 e. The summed E-state index contributed by atoms with van der Waals surface area (Å²) in [5.74, 6) is 0. The average Bonchev–Trinajstić information content (AvgIpc) is 2.80. The molecule has 1 aromatic carbocycles. The zero-order valence-corrected chi connectivity index (χ0v) is 11.8. The Morgan fingerprint density at radius 2 is 2.16 bits per heavy atom. The molecule has 100 valence electrons. The smallest absolute Gasteiger partial charge is 0.332 e. The number of amides is 2. The summed E-state index contributed by atoms with van der Waals surface area (Å²) in [6.45, 7) is 2.75. The minimum atomic E-state index is -0.677. The molecule has 2 amide bonds. The van der Waals surface area contributed by atoms with Crippen molar-refractivity contribution in [1.29, 1.82) is 0 Å². The van der Waals surface area contributed by atoms with Gasteiger partial charge in [-0.1, -0.05) is 23.7 Å². The van der Waals surface area contributed by atoms with Gasteiger partial charge in [-0.3, -0.25) is 0 Å². The number of benzene rings is 1. The van der Waals surface area contributed by atoms with Gasteiger partial charge in [0, 0.05) is 16.9 Å². The number of nitrogens with two attached hydrogens (primary N) is 1. The Balaban J connectivity index is 2.45. The van der Waals surface area contributed by atoms with Crippen molar-refractivity contribution in [3.05, 3.63) is 39.5 Å². The van der Waals surface area contributed by atoms with Crippen molar-refractivity contribution in [2.24, 2.45) is 10.8 Å². The highest BCUT2D eigenvalue weighted by atomic mass is 35.5. The molecule has 0 atom stereocenters. The van der Waals surface area contributed by atoms with Crippen LogP contribution in [0.5, 0.6) is 0 Å². The Morgan fingerprint density at radius 1 is 1.47 bits per heavy atom. The number of carbonyl (C=O) groups is 1. The summed E-state index contributed by atoms with van der Waals surface area (Å²) < 4.78 is 1.99. The van der Waals surface area contributed by atoms with E-state index in [0.29, 0.717) is 9.82 Å². The van der Waals surface area contributed by atoms with Gasteiger partial charge in [-0.2, -0.15) is 0 Å². The van der Waals surface area contributed by atoms with Crippen LogP contribution >= 0.6 is 22.9 Å². The highest BCUT2D eigenvalue weighted by Gasteiger charge is 2.06. The Labute approximate surface area is 119 Å². The first-order chi connectivity index (χ1) is 9.11. The van der Waals surface area contributed by atoms with Crippen molar-refractivity contribution >= 4 is 29.0 Å². The SMILES string of the molecule is CCn1c(-c2ccc(Cl)cc2)cs/c1=N\NC(N)=O. The molecule has 5 nitrogen and oxygen atoms in total. The summed E-state index contributed by atoms with van der Waals surface area (Å²) in [6, 6.07) is 6.90. The number of carbonyl (C=O) groups excluding carboxylic acids is 1. The number of aromatic nitrogens is 1.